The second kappa shape index (κ2) is 14.4. The molecular weight excluding hydrogens is 628 g/mol. The molecule has 1 aromatic heterocycles. The minimum atomic E-state index is -0.367. The first-order valence-electron chi connectivity index (χ1n) is 15.4. The maximum Gasteiger partial charge on any atom is 0.220 e. The topological polar surface area (TPSA) is 98.8 Å². The largest absolute Gasteiger partial charge is 0.496 e. The highest BCUT2D eigenvalue weighted by Crippen LogP contribution is 2.42. The van der Waals surface area contributed by atoms with E-state index in [1.807, 2.05) is 41.3 Å². The van der Waals surface area contributed by atoms with E-state index in [4.69, 9.17) is 27.9 Å². The number of aliphatic hydroxyl groups is 1. The number of carbonyl (C=O) groups is 1. The molecule has 0 unspecified atom stereocenters. The molecule has 46 heavy (non-hydrogen) atoms. The number of benzene rings is 3. The Morgan fingerprint density at radius 3 is 2.61 bits per heavy atom. The lowest BCUT2D eigenvalue weighted by Gasteiger charge is -2.18. The number of halogens is 3. The van der Waals surface area contributed by atoms with Crippen LogP contribution in [0.1, 0.15) is 30.4 Å². The number of likely N-dealkylation sites (tertiary alicyclic amines) is 1. The van der Waals surface area contributed by atoms with Crippen LogP contribution in [-0.4, -0.2) is 59.8 Å². The van der Waals surface area contributed by atoms with Crippen LogP contribution in [0, 0.1) is 5.82 Å². The summed E-state index contributed by atoms with van der Waals surface area (Å²) < 4.78 is 21.3. The van der Waals surface area contributed by atoms with Crippen molar-refractivity contribution in [2.75, 3.05) is 32.1 Å². The van der Waals surface area contributed by atoms with Crippen LogP contribution in [-0.2, 0) is 17.9 Å². The summed E-state index contributed by atoms with van der Waals surface area (Å²) in [6.45, 7) is 2.96. The molecule has 0 aliphatic carbocycles. The Labute approximate surface area is 277 Å². The van der Waals surface area contributed by atoms with Gasteiger partial charge in [-0.15, -0.1) is 0 Å². The molecule has 2 aliphatic heterocycles. The van der Waals surface area contributed by atoms with Crippen molar-refractivity contribution in [3.63, 3.8) is 0 Å². The Bertz CT molecular complexity index is 1740. The zero-order chi connectivity index (χ0) is 32.2. The molecule has 11 heteroatoms. The first kappa shape index (κ1) is 32.2. The number of aromatic nitrogens is 1. The third-order valence-electron chi connectivity index (χ3n) is 8.52. The Morgan fingerprint density at radius 2 is 1.85 bits per heavy atom. The van der Waals surface area contributed by atoms with E-state index in [-0.39, 0.29) is 23.9 Å². The number of methoxy groups -OCH3 is 1. The van der Waals surface area contributed by atoms with Gasteiger partial charge in [-0.2, -0.15) is 0 Å². The minimum absolute atomic E-state index is 0.0967. The molecule has 8 nitrogen and oxygen atoms in total. The Morgan fingerprint density at radius 1 is 1.04 bits per heavy atom. The summed E-state index contributed by atoms with van der Waals surface area (Å²) in [5, 5.41) is 20.2. The first-order chi connectivity index (χ1) is 22.3. The fourth-order valence-corrected chi connectivity index (χ4v) is 6.68. The fraction of sp³-hybridized carbons (Fsp3) is 0.314. The van der Waals surface area contributed by atoms with E-state index in [1.165, 1.54) is 0 Å². The van der Waals surface area contributed by atoms with Crippen molar-refractivity contribution < 1.29 is 19.0 Å². The van der Waals surface area contributed by atoms with Crippen LogP contribution in [0.4, 0.5) is 15.8 Å². The summed E-state index contributed by atoms with van der Waals surface area (Å²) in [5.41, 5.74) is 5.09. The summed E-state index contributed by atoms with van der Waals surface area (Å²) in [6, 6.07) is 18.5. The second-order valence-corrected chi connectivity index (χ2v) is 12.5. The van der Waals surface area contributed by atoms with Crippen molar-refractivity contribution in [1.82, 2.24) is 20.5 Å². The van der Waals surface area contributed by atoms with Crippen molar-refractivity contribution in [2.45, 2.75) is 44.5 Å². The molecule has 0 saturated carbocycles. The van der Waals surface area contributed by atoms with E-state index in [0.717, 1.165) is 24.1 Å². The van der Waals surface area contributed by atoms with Crippen LogP contribution in [0.2, 0.25) is 10.0 Å². The first-order valence-corrected chi connectivity index (χ1v) is 16.1. The SMILES string of the molecule is COc1cc(-c2nccc(-c3cccc(Nc4cccc(CN5CC[C@H](O)C5)c4F)c3Cl)c2Cl)ccc1CNC[C@H]1CCC(=O)N1. The highest BCUT2D eigenvalue weighted by atomic mass is 35.5. The molecule has 4 N–H and O–H groups in total. The van der Waals surface area contributed by atoms with Gasteiger partial charge in [-0.05, 0) is 37.1 Å². The smallest absolute Gasteiger partial charge is 0.220 e. The molecule has 1 amide bonds. The molecule has 3 heterocycles. The fourth-order valence-electron chi connectivity index (χ4n) is 6.08. The second-order valence-electron chi connectivity index (χ2n) is 11.7. The van der Waals surface area contributed by atoms with Crippen LogP contribution >= 0.6 is 23.2 Å². The zero-order valence-electron chi connectivity index (χ0n) is 25.5. The number of ether oxygens (including phenoxy) is 1. The number of nitrogens with one attached hydrogen (secondary N) is 3. The summed E-state index contributed by atoms with van der Waals surface area (Å²) >= 11 is 13.9. The monoisotopic (exact) mass is 663 g/mol. The van der Waals surface area contributed by atoms with Gasteiger partial charge in [0.25, 0.3) is 0 Å². The van der Waals surface area contributed by atoms with Gasteiger partial charge in [0.1, 0.15) is 5.75 Å². The van der Waals surface area contributed by atoms with E-state index in [0.29, 0.717) is 88.6 Å². The number of anilines is 2. The van der Waals surface area contributed by atoms with Gasteiger partial charge in [0, 0.05) is 79.2 Å². The molecule has 3 aromatic carbocycles. The quantitative estimate of drug-likeness (QED) is 0.144. The summed E-state index contributed by atoms with van der Waals surface area (Å²) in [5.74, 6) is 0.435. The lowest BCUT2D eigenvalue weighted by Crippen LogP contribution is -2.35. The summed E-state index contributed by atoms with van der Waals surface area (Å²) in [4.78, 5) is 18.1. The van der Waals surface area contributed by atoms with Crippen molar-refractivity contribution in [3.8, 4) is 28.1 Å². The molecule has 2 aliphatic rings. The predicted molar refractivity (Wildman–Crippen MR) is 180 cm³/mol. The lowest BCUT2D eigenvalue weighted by atomic mass is 10.0. The molecule has 0 spiro atoms. The Balaban J connectivity index is 1.21. The third kappa shape index (κ3) is 7.14. The van der Waals surface area contributed by atoms with Crippen LogP contribution in [0.15, 0.2) is 66.9 Å². The van der Waals surface area contributed by atoms with Gasteiger partial charge in [-0.3, -0.25) is 14.7 Å². The number of hydrogen-bond acceptors (Lipinski definition) is 7. The molecule has 0 radical (unpaired) electrons. The van der Waals surface area contributed by atoms with E-state index in [9.17, 15) is 9.90 Å². The van der Waals surface area contributed by atoms with Crippen LogP contribution in [0.3, 0.4) is 0 Å². The van der Waals surface area contributed by atoms with Gasteiger partial charge in [0.05, 0.1) is 40.3 Å². The summed E-state index contributed by atoms with van der Waals surface area (Å²) in [7, 11) is 1.62. The Hall–Kier alpha value is -3.73. The molecule has 6 rings (SSSR count). The van der Waals surface area contributed by atoms with Gasteiger partial charge in [0.2, 0.25) is 5.91 Å². The molecule has 240 valence electrons. The van der Waals surface area contributed by atoms with Crippen molar-refractivity contribution in [3.05, 3.63) is 93.8 Å². The normalized spacial score (nSPS) is 18.2. The number of rotatable bonds is 11. The average molecular weight is 665 g/mol. The molecule has 2 saturated heterocycles. The van der Waals surface area contributed by atoms with Gasteiger partial charge in [0.15, 0.2) is 5.82 Å². The minimum Gasteiger partial charge on any atom is -0.496 e. The molecule has 0 bridgehead atoms. The predicted octanol–water partition coefficient (Wildman–Crippen LogP) is 6.55. The van der Waals surface area contributed by atoms with E-state index >= 15 is 4.39 Å². The van der Waals surface area contributed by atoms with Crippen LogP contribution in [0.5, 0.6) is 5.75 Å². The summed E-state index contributed by atoms with van der Waals surface area (Å²) in [6.07, 6.45) is 3.42. The number of aliphatic hydroxyl groups excluding tert-OH is 1. The molecule has 2 atom stereocenters. The van der Waals surface area contributed by atoms with Crippen LogP contribution < -0.4 is 20.7 Å². The molecular formula is C35H36Cl2FN5O3. The third-order valence-corrected chi connectivity index (χ3v) is 9.31. The lowest BCUT2D eigenvalue weighted by molar-refractivity contribution is -0.119. The number of nitrogens with zero attached hydrogens (tertiary/aromatic N) is 2. The number of hydrogen-bond donors (Lipinski definition) is 4. The maximum absolute atomic E-state index is 15.6. The number of β-amino-alcohol motifs (C(OH)–C–C–N with tert-alkyl or cyclic N) is 1. The van der Waals surface area contributed by atoms with E-state index < -0.39 is 0 Å². The molecule has 4 aromatic rings. The number of carbonyl (C=O) groups excluding carboxylic acids is 1. The highest BCUT2D eigenvalue weighted by Gasteiger charge is 2.23. The average Bonchev–Trinajstić information content (AvgIpc) is 3.67. The van der Waals surface area contributed by atoms with Gasteiger partial charge >= 0.3 is 0 Å². The van der Waals surface area contributed by atoms with Gasteiger partial charge in [-0.25, -0.2) is 4.39 Å². The van der Waals surface area contributed by atoms with Gasteiger partial charge in [-0.1, -0.05) is 59.6 Å². The number of amides is 1. The van der Waals surface area contributed by atoms with E-state index in [2.05, 4.69) is 20.9 Å². The Kier molecular flexibility index (Phi) is 10.1. The standard InChI is InChI=1S/C35H36Cl2FN5O3/c1-46-30-16-21(8-9-22(30)17-39-18-24-10-11-31(45)41-24)35-33(37)27(12-14-40-35)26-5-3-6-28(32(26)36)42-29-7-2-4-23(34(29)38)19-43-15-13-25(44)20-43/h2-9,12,14,16,24-25,39,42,44H,10-11,13,15,17-20H2,1H3,(H,41,45)/t24-,25+/m1/s1. The van der Waals surface area contributed by atoms with Crippen molar-refractivity contribution >= 4 is 40.5 Å². The van der Waals surface area contributed by atoms with Crippen LogP contribution in [0.25, 0.3) is 22.4 Å². The highest BCUT2D eigenvalue weighted by molar-refractivity contribution is 6.39. The number of pyridine rings is 1. The van der Waals surface area contributed by atoms with E-state index in [1.54, 1.807) is 37.6 Å². The van der Waals surface area contributed by atoms with Gasteiger partial charge < -0.3 is 25.8 Å². The molecule has 2 fully saturated rings. The van der Waals surface area contributed by atoms with Crippen molar-refractivity contribution in [2.24, 2.45) is 0 Å². The van der Waals surface area contributed by atoms with Crippen molar-refractivity contribution in [1.29, 1.82) is 0 Å². The zero-order valence-corrected chi connectivity index (χ0v) is 27.0. The maximum atomic E-state index is 15.6.